The molecule has 0 N–H and O–H groups in total. The predicted molar refractivity (Wildman–Crippen MR) is 81.2 cm³/mol. The third kappa shape index (κ3) is 2.69. The molecule has 0 bridgehead atoms. The summed E-state index contributed by atoms with van der Waals surface area (Å²) < 4.78 is 0.955. The highest BCUT2D eigenvalue weighted by atomic mass is 127. The van der Waals surface area contributed by atoms with Crippen molar-refractivity contribution in [3.05, 3.63) is 57.3 Å². The van der Waals surface area contributed by atoms with E-state index >= 15 is 0 Å². The summed E-state index contributed by atoms with van der Waals surface area (Å²) in [6, 6.07) is 11.2. The molecule has 0 atom stereocenters. The normalized spacial score (nSPS) is 10.2. The summed E-state index contributed by atoms with van der Waals surface area (Å²) in [4.78, 5) is 18.5. The van der Waals surface area contributed by atoms with Gasteiger partial charge in [-0.1, -0.05) is 12.1 Å². The van der Waals surface area contributed by atoms with Crippen LogP contribution in [0.15, 0.2) is 42.6 Å². The number of benzene rings is 1. The van der Waals surface area contributed by atoms with Gasteiger partial charge in [0.1, 0.15) is 5.82 Å². The van der Waals surface area contributed by atoms with Crippen molar-refractivity contribution >= 4 is 34.2 Å². The molecule has 0 radical (unpaired) electrons. The van der Waals surface area contributed by atoms with E-state index in [1.807, 2.05) is 55.4 Å². The largest absolute Gasteiger partial charge is 0.363 e. The van der Waals surface area contributed by atoms with Crippen LogP contribution in [0.2, 0.25) is 0 Å². The average molecular weight is 352 g/mol. The molecule has 1 heterocycles. The van der Waals surface area contributed by atoms with Gasteiger partial charge in [0.2, 0.25) is 0 Å². The number of carbonyl (C=O) groups excluding carboxylic acids is 1. The van der Waals surface area contributed by atoms with Crippen LogP contribution in [0.4, 0.5) is 5.82 Å². The summed E-state index contributed by atoms with van der Waals surface area (Å²) in [7, 11) is 3.84. The van der Waals surface area contributed by atoms with Gasteiger partial charge in [-0.3, -0.25) is 4.79 Å². The van der Waals surface area contributed by atoms with Gasteiger partial charge in [-0.2, -0.15) is 0 Å². The van der Waals surface area contributed by atoms with E-state index in [1.54, 1.807) is 6.20 Å². The zero-order valence-corrected chi connectivity index (χ0v) is 12.4. The molecule has 0 spiro atoms. The lowest BCUT2D eigenvalue weighted by atomic mass is 10.1. The van der Waals surface area contributed by atoms with Crippen LogP contribution in [-0.4, -0.2) is 24.9 Å². The Hall–Kier alpha value is -1.43. The van der Waals surface area contributed by atoms with E-state index in [1.165, 1.54) is 0 Å². The minimum absolute atomic E-state index is 0.0119. The smallest absolute Gasteiger partial charge is 0.195 e. The van der Waals surface area contributed by atoms with Gasteiger partial charge in [0.25, 0.3) is 0 Å². The molecule has 0 aliphatic rings. The number of rotatable bonds is 3. The first-order chi connectivity index (χ1) is 8.59. The molecule has 3 nitrogen and oxygen atoms in total. The second kappa shape index (κ2) is 5.48. The molecule has 0 saturated carbocycles. The zero-order chi connectivity index (χ0) is 13.1. The highest BCUT2D eigenvalue weighted by molar-refractivity contribution is 14.1. The molecular weight excluding hydrogens is 339 g/mol. The number of hydrogen-bond acceptors (Lipinski definition) is 3. The van der Waals surface area contributed by atoms with E-state index in [2.05, 4.69) is 27.6 Å². The van der Waals surface area contributed by atoms with Gasteiger partial charge in [0, 0.05) is 35.0 Å². The Bertz CT molecular complexity index is 564. The molecule has 0 saturated heterocycles. The summed E-state index contributed by atoms with van der Waals surface area (Å²) in [6.45, 7) is 0. The van der Waals surface area contributed by atoms with Crippen LogP contribution >= 0.6 is 22.6 Å². The summed E-state index contributed by atoms with van der Waals surface area (Å²) in [5.41, 5.74) is 1.34. The average Bonchev–Trinajstić information content (AvgIpc) is 2.38. The Labute approximate surface area is 120 Å². The molecular formula is C14H13IN2O. The third-order valence-corrected chi connectivity index (χ3v) is 3.53. The molecule has 0 unspecified atom stereocenters. The number of halogens is 1. The van der Waals surface area contributed by atoms with Crippen LogP contribution in [0.3, 0.4) is 0 Å². The van der Waals surface area contributed by atoms with Crippen molar-refractivity contribution in [1.82, 2.24) is 4.98 Å². The summed E-state index contributed by atoms with van der Waals surface area (Å²) in [5, 5.41) is 0. The molecule has 2 rings (SSSR count). The van der Waals surface area contributed by atoms with Crippen molar-refractivity contribution in [3.63, 3.8) is 0 Å². The Kier molecular flexibility index (Phi) is 3.96. The second-order valence-corrected chi connectivity index (χ2v) is 5.27. The van der Waals surface area contributed by atoms with Gasteiger partial charge in [0.15, 0.2) is 5.78 Å². The predicted octanol–water partition coefficient (Wildman–Crippen LogP) is 2.98. The molecule has 1 aromatic heterocycles. The van der Waals surface area contributed by atoms with Crippen molar-refractivity contribution in [3.8, 4) is 0 Å². The molecule has 2 aromatic rings. The Morgan fingerprint density at radius 1 is 1.17 bits per heavy atom. The van der Waals surface area contributed by atoms with Gasteiger partial charge >= 0.3 is 0 Å². The Morgan fingerprint density at radius 3 is 2.44 bits per heavy atom. The van der Waals surface area contributed by atoms with E-state index in [4.69, 9.17) is 0 Å². The van der Waals surface area contributed by atoms with Gasteiger partial charge in [-0.15, -0.1) is 0 Å². The van der Waals surface area contributed by atoms with Crippen LogP contribution in [0.5, 0.6) is 0 Å². The number of pyridine rings is 1. The number of hydrogen-bond donors (Lipinski definition) is 0. The molecule has 18 heavy (non-hydrogen) atoms. The minimum Gasteiger partial charge on any atom is -0.363 e. The minimum atomic E-state index is 0.0119. The Morgan fingerprint density at radius 2 is 1.89 bits per heavy atom. The first-order valence-electron chi connectivity index (χ1n) is 5.52. The van der Waals surface area contributed by atoms with Crippen LogP contribution in [0.1, 0.15) is 15.9 Å². The van der Waals surface area contributed by atoms with Gasteiger partial charge in [-0.25, -0.2) is 4.98 Å². The topological polar surface area (TPSA) is 33.2 Å². The maximum atomic E-state index is 12.3. The highest BCUT2D eigenvalue weighted by Gasteiger charge is 2.12. The monoisotopic (exact) mass is 352 g/mol. The molecule has 4 heteroatoms. The maximum Gasteiger partial charge on any atom is 0.195 e. The van der Waals surface area contributed by atoms with Gasteiger partial charge < -0.3 is 4.90 Å². The number of ketones is 1. The molecule has 1 aromatic carbocycles. The fraction of sp³-hybridized carbons (Fsp3) is 0.143. The van der Waals surface area contributed by atoms with Crippen molar-refractivity contribution in [2.45, 2.75) is 0 Å². The number of anilines is 1. The van der Waals surface area contributed by atoms with Gasteiger partial charge in [-0.05, 0) is 46.9 Å². The number of aromatic nitrogens is 1. The van der Waals surface area contributed by atoms with Crippen molar-refractivity contribution in [2.24, 2.45) is 0 Å². The fourth-order valence-corrected chi connectivity index (χ4v) is 2.22. The third-order valence-electron chi connectivity index (χ3n) is 2.59. The summed E-state index contributed by atoms with van der Waals surface area (Å²) in [6.07, 6.45) is 1.63. The maximum absolute atomic E-state index is 12.3. The number of carbonyl (C=O) groups is 1. The van der Waals surface area contributed by atoms with Gasteiger partial charge in [0.05, 0.1) is 0 Å². The van der Waals surface area contributed by atoms with E-state index in [-0.39, 0.29) is 5.78 Å². The summed E-state index contributed by atoms with van der Waals surface area (Å²) in [5.74, 6) is 0.854. The highest BCUT2D eigenvalue weighted by Crippen LogP contribution is 2.17. The summed E-state index contributed by atoms with van der Waals surface area (Å²) >= 11 is 2.17. The quantitative estimate of drug-likeness (QED) is 0.629. The molecule has 0 amide bonds. The lowest BCUT2D eigenvalue weighted by Crippen LogP contribution is -2.11. The molecule has 0 aliphatic heterocycles. The molecule has 0 aliphatic carbocycles. The van der Waals surface area contributed by atoms with Crippen LogP contribution < -0.4 is 4.90 Å². The van der Waals surface area contributed by atoms with E-state index in [0.717, 1.165) is 15.0 Å². The molecule has 0 fully saturated rings. The standard InChI is InChI=1S/C14H13IN2O/c1-17(2)13-8-7-10(9-16-13)14(18)11-5-3-4-6-12(11)15/h3-9H,1-2H3. The Balaban J connectivity index is 2.32. The zero-order valence-electron chi connectivity index (χ0n) is 10.2. The molecule has 92 valence electrons. The number of nitrogens with zero attached hydrogens (tertiary/aromatic N) is 2. The first-order valence-corrected chi connectivity index (χ1v) is 6.60. The lowest BCUT2D eigenvalue weighted by molar-refractivity contribution is 0.103. The lowest BCUT2D eigenvalue weighted by Gasteiger charge is -2.11. The SMILES string of the molecule is CN(C)c1ccc(C(=O)c2ccccc2I)cn1. The fourth-order valence-electron chi connectivity index (χ4n) is 1.59. The van der Waals surface area contributed by atoms with Crippen molar-refractivity contribution in [2.75, 3.05) is 19.0 Å². The second-order valence-electron chi connectivity index (χ2n) is 4.11. The van der Waals surface area contributed by atoms with E-state index in [9.17, 15) is 4.79 Å². The van der Waals surface area contributed by atoms with E-state index < -0.39 is 0 Å². The van der Waals surface area contributed by atoms with Crippen LogP contribution in [0, 0.1) is 3.57 Å². The first kappa shape index (κ1) is 13.0. The van der Waals surface area contributed by atoms with Crippen molar-refractivity contribution in [1.29, 1.82) is 0 Å². The van der Waals surface area contributed by atoms with E-state index in [0.29, 0.717) is 5.56 Å². The van der Waals surface area contributed by atoms with Crippen LogP contribution in [0.25, 0.3) is 0 Å². The van der Waals surface area contributed by atoms with Crippen molar-refractivity contribution < 1.29 is 4.79 Å². The van der Waals surface area contributed by atoms with Crippen LogP contribution in [-0.2, 0) is 0 Å².